The van der Waals surface area contributed by atoms with E-state index in [0.29, 0.717) is 6.54 Å². The van der Waals surface area contributed by atoms with Gasteiger partial charge in [0.1, 0.15) is 0 Å². The first-order valence-electron chi connectivity index (χ1n) is 7.40. The Morgan fingerprint density at radius 1 is 0.952 bits per heavy atom. The molecule has 0 radical (unpaired) electrons. The topological polar surface area (TPSA) is 49.5 Å². The Balaban J connectivity index is 2.02. The van der Waals surface area contributed by atoms with E-state index >= 15 is 0 Å². The highest BCUT2D eigenvalue weighted by atomic mass is 16.3. The molecule has 0 aliphatic heterocycles. The van der Waals surface area contributed by atoms with Gasteiger partial charge in [0.05, 0.1) is 6.10 Å². The molecule has 0 aromatic heterocycles. The van der Waals surface area contributed by atoms with Gasteiger partial charge in [-0.2, -0.15) is 0 Å². The molecule has 0 amide bonds. The van der Waals surface area contributed by atoms with Gasteiger partial charge < -0.3 is 10.8 Å². The fourth-order valence-corrected chi connectivity index (χ4v) is 2.48. The summed E-state index contributed by atoms with van der Waals surface area (Å²) in [6.07, 6.45) is -0.492. The number of hydrogen-bond acceptors (Lipinski definition) is 3. The van der Waals surface area contributed by atoms with Crippen molar-refractivity contribution >= 4 is 0 Å². The number of aliphatic hydroxyl groups is 1. The first-order chi connectivity index (χ1) is 10.1. The summed E-state index contributed by atoms with van der Waals surface area (Å²) in [5.41, 5.74) is 8.12. The molecule has 2 aromatic carbocycles. The van der Waals surface area contributed by atoms with Gasteiger partial charge in [0.25, 0.3) is 0 Å². The molecule has 0 fully saturated rings. The van der Waals surface area contributed by atoms with Gasteiger partial charge in [0.2, 0.25) is 0 Å². The van der Waals surface area contributed by atoms with Crippen LogP contribution in [0.1, 0.15) is 24.2 Å². The van der Waals surface area contributed by atoms with Crippen LogP contribution in [0.4, 0.5) is 0 Å². The van der Waals surface area contributed by atoms with Crippen LogP contribution in [-0.2, 0) is 6.54 Å². The van der Waals surface area contributed by atoms with E-state index in [0.717, 1.165) is 18.7 Å². The number of nitrogens with zero attached hydrogens (tertiary/aromatic N) is 1. The number of aliphatic hydroxyl groups excluding tert-OH is 1. The highest BCUT2D eigenvalue weighted by Gasteiger charge is 2.15. The molecular weight excluding hydrogens is 260 g/mol. The quantitative estimate of drug-likeness (QED) is 0.821. The number of hydrogen-bond donors (Lipinski definition) is 2. The Kier molecular flexibility index (Phi) is 5.93. The second kappa shape index (κ2) is 7.93. The third kappa shape index (κ3) is 5.31. The Labute approximate surface area is 127 Å². The lowest BCUT2D eigenvalue weighted by molar-refractivity contribution is 0.106. The van der Waals surface area contributed by atoms with E-state index in [4.69, 9.17) is 5.73 Å². The molecule has 3 N–H and O–H groups in total. The highest BCUT2D eigenvalue weighted by molar-refractivity contribution is 5.18. The summed E-state index contributed by atoms with van der Waals surface area (Å²) in [4.78, 5) is 2.21. The van der Waals surface area contributed by atoms with Crippen LogP contribution in [0, 0.1) is 0 Å². The van der Waals surface area contributed by atoms with E-state index in [2.05, 4.69) is 17.0 Å². The van der Waals surface area contributed by atoms with Gasteiger partial charge in [-0.05, 0) is 18.1 Å². The van der Waals surface area contributed by atoms with Crippen molar-refractivity contribution < 1.29 is 5.11 Å². The lowest BCUT2D eigenvalue weighted by Crippen LogP contribution is -2.37. The van der Waals surface area contributed by atoms with Crippen molar-refractivity contribution in [3.8, 4) is 0 Å². The molecule has 0 heterocycles. The van der Waals surface area contributed by atoms with Crippen molar-refractivity contribution in [3.63, 3.8) is 0 Å². The van der Waals surface area contributed by atoms with Crippen LogP contribution in [0.25, 0.3) is 0 Å². The van der Waals surface area contributed by atoms with Gasteiger partial charge in [-0.3, -0.25) is 4.90 Å². The maximum absolute atomic E-state index is 10.4. The van der Waals surface area contributed by atoms with Crippen LogP contribution < -0.4 is 5.73 Å². The van der Waals surface area contributed by atoms with Crippen LogP contribution in [0.3, 0.4) is 0 Å². The van der Waals surface area contributed by atoms with E-state index in [-0.39, 0.29) is 6.04 Å². The van der Waals surface area contributed by atoms with Gasteiger partial charge in [-0.25, -0.2) is 0 Å². The summed E-state index contributed by atoms with van der Waals surface area (Å²) >= 11 is 0. The van der Waals surface area contributed by atoms with E-state index < -0.39 is 6.10 Å². The van der Waals surface area contributed by atoms with Crippen molar-refractivity contribution in [1.29, 1.82) is 0 Å². The maximum atomic E-state index is 10.4. The molecular formula is C18H24N2O. The third-order valence-electron chi connectivity index (χ3n) is 3.41. The molecule has 0 unspecified atom stereocenters. The minimum atomic E-state index is -0.492. The number of benzene rings is 2. The predicted molar refractivity (Wildman–Crippen MR) is 86.8 cm³/mol. The molecule has 2 aromatic rings. The van der Waals surface area contributed by atoms with Gasteiger partial charge in [-0.15, -0.1) is 0 Å². The summed E-state index contributed by atoms with van der Waals surface area (Å²) < 4.78 is 0. The lowest BCUT2D eigenvalue weighted by atomic mass is 10.1. The fourth-order valence-electron chi connectivity index (χ4n) is 2.48. The largest absolute Gasteiger partial charge is 0.387 e. The average Bonchev–Trinajstić information content (AvgIpc) is 2.48. The Morgan fingerprint density at radius 2 is 1.52 bits per heavy atom. The zero-order valence-electron chi connectivity index (χ0n) is 12.5. The van der Waals surface area contributed by atoms with Crippen LogP contribution in [-0.4, -0.2) is 29.1 Å². The molecule has 0 aliphatic rings. The van der Waals surface area contributed by atoms with E-state index in [1.807, 2.05) is 55.5 Å². The Bertz CT molecular complexity index is 513. The van der Waals surface area contributed by atoms with Gasteiger partial charge >= 0.3 is 0 Å². The molecule has 0 saturated heterocycles. The molecule has 112 valence electrons. The van der Waals surface area contributed by atoms with Crippen LogP contribution in [0.15, 0.2) is 60.7 Å². The van der Waals surface area contributed by atoms with Crippen molar-refractivity contribution in [3.05, 3.63) is 71.8 Å². The molecule has 21 heavy (non-hydrogen) atoms. The summed E-state index contributed by atoms with van der Waals surface area (Å²) in [6, 6.07) is 20.1. The molecule has 0 spiro atoms. The SMILES string of the molecule is C[C@@H](N)CN(Cc1ccccc1)C[C@@H](O)c1ccccc1. The van der Waals surface area contributed by atoms with Crippen molar-refractivity contribution in [1.82, 2.24) is 4.90 Å². The smallest absolute Gasteiger partial charge is 0.0917 e. The zero-order valence-corrected chi connectivity index (χ0v) is 12.5. The maximum Gasteiger partial charge on any atom is 0.0917 e. The van der Waals surface area contributed by atoms with Crippen molar-refractivity contribution in [2.75, 3.05) is 13.1 Å². The highest BCUT2D eigenvalue weighted by Crippen LogP contribution is 2.15. The fraction of sp³-hybridized carbons (Fsp3) is 0.333. The second-order valence-electron chi connectivity index (χ2n) is 5.58. The first-order valence-corrected chi connectivity index (χ1v) is 7.40. The van der Waals surface area contributed by atoms with Crippen molar-refractivity contribution in [2.24, 2.45) is 5.73 Å². The standard InChI is InChI=1S/C18H24N2O/c1-15(19)12-20(13-16-8-4-2-5-9-16)14-18(21)17-10-6-3-7-11-17/h2-11,15,18,21H,12-14,19H2,1H3/t15-,18-/m1/s1. The van der Waals surface area contributed by atoms with Gasteiger partial charge in [-0.1, -0.05) is 60.7 Å². The van der Waals surface area contributed by atoms with Gasteiger partial charge in [0, 0.05) is 25.7 Å². The summed E-state index contributed by atoms with van der Waals surface area (Å²) in [5, 5.41) is 10.4. The summed E-state index contributed by atoms with van der Waals surface area (Å²) in [6.45, 7) is 4.14. The van der Waals surface area contributed by atoms with E-state index in [9.17, 15) is 5.11 Å². The van der Waals surface area contributed by atoms with Gasteiger partial charge in [0.15, 0.2) is 0 Å². The molecule has 3 heteroatoms. The Morgan fingerprint density at radius 3 is 2.10 bits per heavy atom. The summed E-state index contributed by atoms with van der Waals surface area (Å²) in [7, 11) is 0. The average molecular weight is 284 g/mol. The third-order valence-corrected chi connectivity index (χ3v) is 3.41. The lowest BCUT2D eigenvalue weighted by Gasteiger charge is -2.27. The molecule has 3 nitrogen and oxygen atoms in total. The molecule has 0 aliphatic carbocycles. The minimum absolute atomic E-state index is 0.0803. The van der Waals surface area contributed by atoms with Crippen LogP contribution >= 0.6 is 0 Å². The molecule has 2 atom stereocenters. The normalized spacial score (nSPS) is 14.1. The zero-order chi connectivity index (χ0) is 15.1. The Hall–Kier alpha value is -1.68. The molecule has 0 saturated carbocycles. The molecule has 0 bridgehead atoms. The van der Waals surface area contributed by atoms with Crippen molar-refractivity contribution in [2.45, 2.75) is 25.6 Å². The number of nitrogens with two attached hydrogens (primary N) is 1. The van der Waals surface area contributed by atoms with Crippen LogP contribution in [0.2, 0.25) is 0 Å². The first kappa shape index (κ1) is 15.7. The van der Waals surface area contributed by atoms with Crippen LogP contribution in [0.5, 0.6) is 0 Å². The molecule has 2 rings (SSSR count). The second-order valence-corrected chi connectivity index (χ2v) is 5.58. The van der Waals surface area contributed by atoms with E-state index in [1.165, 1.54) is 5.56 Å². The monoisotopic (exact) mass is 284 g/mol. The number of rotatable bonds is 7. The minimum Gasteiger partial charge on any atom is -0.387 e. The van der Waals surface area contributed by atoms with E-state index in [1.54, 1.807) is 0 Å². The summed E-state index contributed by atoms with van der Waals surface area (Å²) in [5.74, 6) is 0. The predicted octanol–water partition coefficient (Wildman–Crippen LogP) is 2.57.